The highest BCUT2D eigenvalue weighted by Crippen LogP contribution is 2.44. The maximum Gasteiger partial charge on any atom is 0.0884 e. The molecule has 0 saturated heterocycles. The molecular formula is C38H26Si. The van der Waals surface area contributed by atoms with Gasteiger partial charge in [-0.2, -0.15) is 0 Å². The molecule has 0 atom stereocenters. The van der Waals surface area contributed by atoms with Gasteiger partial charge in [0.2, 0.25) is 0 Å². The summed E-state index contributed by atoms with van der Waals surface area (Å²) < 4.78 is 0. The summed E-state index contributed by atoms with van der Waals surface area (Å²) in [4.78, 5) is 1.48. The van der Waals surface area contributed by atoms with Gasteiger partial charge in [0.25, 0.3) is 0 Å². The normalized spacial score (nSPS) is 13.3. The van der Waals surface area contributed by atoms with Gasteiger partial charge in [-0.25, -0.2) is 0 Å². The van der Waals surface area contributed by atoms with Crippen molar-refractivity contribution in [3.05, 3.63) is 161 Å². The minimum atomic E-state index is -1.24. The standard InChI is InChI=1S/C38H26Si/c1-3-15-28(16-4-1)39(29-17-5-2-6-18-29)35-24-23-27-25-34-32-21-10-9-19-30(32)31-20-11-12-22-33(31)38(34)37(27)36(35)26-13-7-8-14-26/h1-13,15-25H,14H2. The van der Waals surface area contributed by atoms with E-state index in [1.54, 1.807) is 0 Å². The first kappa shape index (κ1) is 22.4. The van der Waals surface area contributed by atoms with Crippen LogP contribution in [0, 0.1) is 4.81 Å². The molecule has 0 spiro atoms. The van der Waals surface area contributed by atoms with Crippen LogP contribution in [-0.4, -0.2) is 8.41 Å². The van der Waals surface area contributed by atoms with Crippen LogP contribution >= 0.6 is 0 Å². The molecule has 0 radical (unpaired) electrons. The Hall–Kier alpha value is -4.59. The molecule has 0 bridgehead atoms. The number of benzene rings is 6. The fourth-order valence-corrected chi connectivity index (χ4v) is 9.41. The molecule has 0 fully saturated rings. The van der Waals surface area contributed by atoms with Gasteiger partial charge in [0.05, 0.1) is 8.41 Å². The minimum Gasteiger partial charge on any atom is -0.0801 e. The molecule has 2 aliphatic rings. The van der Waals surface area contributed by atoms with Crippen LogP contribution in [0.3, 0.4) is 0 Å². The van der Waals surface area contributed by atoms with E-state index in [0.717, 1.165) is 6.42 Å². The predicted octanol–water partition coefficient (Wildman–Crippen LogP) is 7.29. The predicted molar refractivity (Wildman–Crippen MR) is 169 cm³/mol. The number of hydrogen-bond donors (Lipinski definition) is 0. The average Bonchev–Trinajstić information content (AvgIpc) is 3.68. The zero-order valence-electron chi connectivity index (χ0n) is 21.6. The summed E-state index contributed by atoms with van der Waals surface area (Å²) >= 11 is 0. The van der Waals surface area contributed by atoms with Crippen LogP contribution in [0.25, 0.3) is 44.3 Å². The van der Waals surface area contributed by atoms with Crippen molar-refractivity contribution in [2.75, 3.05) is 0 Å². The Morgan fingerprint density at radius 1 is 0.487 bits per heavy atom. The minimum absolute atomic E-state index is 0.975. The van der Waals surface area contributed by atoms with Gasteiger partial charge >= 0.3 is 0 Å². The van der Waals surface area contributed by atoms with Gasteiger partial charge in [0.1, 0.15) is 0 Å². The second-order valence-electron chi connectivity index (χ2n) is 10.4. The molecule has 2 aliphatic carbocycles. The van der Waals surface area contributed by atoms with Crippen molar-refractivity contribution >= 4 is 52.0 Å². The molecule has 39 heavy (non-hydrogen) atoms. The molecule has 0 N–H and O–H groups in total. The molecule has 0 amide bonds. The van der Waals surface area contributed by atoms with Crippen molar-refractivity contribution < 1.29 is 0 Å². The summed E-state index contributed by atoms with van der Waals surface area (Å²) in [5.41, 5.74) is 7.03. The van der Waals surface area contributed by atoms with Gasteiger partial charge in [-0.3, -0.25) is 0 Å². The zero-order chi connectivity index (χ0) is 25.8. The van der Waals surface area contributed by atoms with E-state index in [4.69, 9.17) is 0 Å². The van der Waals surface area contributed by atoms with Crippen molar-refractivity contribution in [3.8, 4) is 11.1 Å². The number of allylic oxidation sites excluding steroid dienone is 4. The van der Waals surface area contributed by atoms with Gasteiger partial charge in [0.15, 0.2) is 0 Å². The van der Waals surface area contributed by atoms with Gasteiger partial charge in [-0.05, 0) is 82.3 Å². The fourth-order valence-electron chi connectivity index (χ4n) is 6.61. The lowest BCUT2D eigenvalue weighted by Gasteiger charge is -2.18. The van der Waals surface area contributed by atoms with Crippen molar-refractivity contribution in [2.45, 2.75) is 6.42 Å². The van der Waals surface area contributed by atoms with Crippen LogP contribution in [0.1, 0.15) is 17.5 Å². The molecule has 0 nitrogen and oxygen atoms in total. The molecule has 0 unspecified atom stereocenters. The highest BCUT2D eigenvalue weighted by atomic mass is 28.2. The maximum absolute atomic E-state index is 2.44. The van der Waals surface area contributed by atoms with Crippen LogP contribution < -0.4 is 15.6 Å². The second-order valence-corrected chi connectivity index (χ2v) is 12.9. The van der Waals surface area contributed by atoms with Crippen LogP contribution in [0.15, 0.2) is 140 Å². The van der Waals surface area contributed by atoms with Crippen LogP contribution in [0.4, 0.5) is 0 Å². The summed E-state index contributed by atoms with van der Waals surface area (Å²) in [6, 6.07) is 45.0. The molecule has 0 aromatic heterocycles. The van der Waals surface area contributed by atoms with E-state index in [0.29, 0.717) is 0 Å². The highest BCUT2D eigenvalue weighted by molar-refractivity contribution is 6.78. The van der Waals surface area contributed by atoms with Gasteiger partial charge in [0, 0.05) is 0 Å². The van der Waals surface area contributed by atoms with E-state index >= 15 is 0 Å². The van der Waals surface area contributed by atoms with Crippen LogP contribution in [-0.2, 0) is 0 Å². The third kappa shape index (κ3) is 3.47. The Balaban J connectivity index is 1.59. The van der Waals surface area contributed by atoms with Crippen molar-refractivity contribution in [1.82, 2.24) is 0 Å². The van der Waals surface area contributed by atoms with E-state index in [-0.39, 0.29) is 0 Å². The van der Waals surface area contributed by atoms with E-state index in [1.807, 2.05) is 0 Å². The SMILES string of the molecule is C1=CCC(c2c3c(ccc2=[Si](c2ccccc2)c2ccccc2)=Cc2c-3c3ccccc3c3ccccc23)=C1. The summed E-state index contributed by atoms with van der Waals surface area (Å²) in [7, 11) is -1.24. The average molecular weight is 511 g/mol. The summed E-state index contributed by atoms with van der Waals surface area (Å²) in [6.07, 6.45) is 10.3. The molecule has 6 aromatic rings. The van der Waals surface area contributed by atoms with Gasteiger partial charge in [-0.15, -0.1) is 0 Å². The van der Waals surface area contributed by atoms with Crippen LogP contribution in [0.2, 0.25) is 0 Å². The van der Waals surface area contributed by atoms with Crippen molar-refractivity contribution in [3.63, 3.8) is 0 Å². The molecule has 182 valence electrons. The maximum atomic E-state index is 2.44. The van der Waals surface area contributed by atoms with Crippen LogP contribution in [0.5, 0.6) is 0 Å². The number of rotatable bonds is 3. The zero-order valence-corrected chi connectivity index (χ0v) is 22.6. The Bertz CT molecular complexity index is 2070. The lowest BCUT2D eigenvalue weighted by Crippen LogP contribution is -2.35. The summed E-state index contributed by atoms with van der Waals surface area (Å²) in [6.45, 7) is 0. The molecule has 8 rings (SSSR count). The molecular weight excluding hydrogens is 485 g/mol. The van der Waals surface area contributed by atoms with Crippen molar-refractivity contribution in [2.24, 2.45) is 0 Å². The molecule has 1 heteroatoms. The van der Waals surface area contributed by atoms with E-state index in [1.165, 1.54) is 69.8 Å². The summed E-state index contributed by atoms with van der Waals surface area (Å²) in [5, 5.41) is 9.53. The quantitative estimate of drug-likeness (QED) is 0.173. The Kier molecular flexibility index (Phi) is 5.17. The highest BCUT2D eigenvalue weighted by Gasteiger charge is 2.25. The largest absolute Gasteiger partial charge is 0.0884 e. The molecule has 6 aromatic carbocycles. The third-order valence-electron chi connectivity index (χ3n) is 8.25. The van der Waals surface area contributed by atoms with Gasteiger partial charge in [-0.1, -0.05) is 140 Å². The first-order valence-corrected chi connectivity index (χ1v) is 15.2. The van der Waals surface area contributed by atoms with Crippen molar-refractivity contribution in [1.29, 1.82) is 0 Å². The summed E-state index contributed by atoms with van der Waals surface area (Å²) in [5.74, 6) is 0. The van der Waals surface area contributed by atoms with Gasteiger partial charge < -0.3 is 0 Å². The van der Waals surface area contributed by atoms with E-state index < -0.39 is 8.41 Å². The first-order chi connectivity index (χ1) is 19.4. The second kappa shape index (κ2) is 9.01. The molecule has 0 saturated carbocycles. The monoisotopic (exact) mass is 510 g/mol. The smallest absolute Gasteiger partial charge is 0.0801 e. The number of hydrogen-bond acceptors (Lipinski definition) is 0. The Morgan fingerprint density at radius 3 is 1.72 bits per heavy atom. The lowest BCUT2D eigenvalue weighted by molar-refractivity contribution is 1.41. The van der Waals surface area contributed by atoms with E-state index in [2.05, 4.69) is 146 Å². The third-order valence-corrected chi connectivity index (χ3v) is 11.0. The fraction of sp³-hybridized carbons (Fsp3) is 0.0263. The van der Waals surface area contributed by atoms with E-state index in [9.17, 15) is 0 Å². The molecule has 0 heterocycles. The Morgan fingerprint density at radius 2 is 1.08 bits per heavy atom. The topological polar surface area (TPSA) is 0 Å². The molecule has 0 aliphatic heterocycles. The lowest BCUT2D eigenvalue weighted by atomic mass is 9.88. The Labute approximate surface area is 229 Å². The number of fused-ring (bicyclic) bond motifs is 8. The first-order valence-electron chi connectivity index (χ1n) is 13.7.